The average molecular weight is 442 g/mol. The number of fused-ring (bicyclic) bond motifs is 1. The molecule has 0 bridgehead atoms. The van der Waals surface area contributed by atoms with Gasteiger partial charge in [-0.2, -0.15) is 13.2 Å². The molecule has 29 heavy (non-hydrogen) atoms. The first-order valence-electron chi connectivity index (χ1n) is 8.48. The molecule has 3 aromatic heterocycles. The number of nitrogens with zero attached hydrogens (tertiary/aromatic N) is 3. The minimum Gasteiger partial charge on any atom is -0.468 e. The molecule has 3 aromatic rings. The summed E-state index contributed by atoms with van der Waals surface area (Å²) < 4.78 is 41.8. The van der Waals surface area contributed by atoms with Crippen molar-refractivity contribution >= 4 is 39.2 Å². The van der Waals surface area contributed by atoms with Crippen LogP contribution in [0.15, 0.2) is 29.7 Å². The number of amides is 1. The summed E-state index contributed by atoms with van der Waals surface area (Å²) in [5.74, 6) is -0.323. The molecule has 1 N–H and O–H groups in total. The number of hydrogen-bond donors (Lipinski definition) is 1. The number of carbonyl (C=O) groups is 1. The van der Waals surface area contributed by atoms with Crippen LogP contribution in [0.1, 0.15) is 16.0 Å². The molecule has 3 rings (SSSR count). The number of halogens is 3. The molecule has 0 saturated carbocycles. The van der Waals surface area contributed by atoms with Crippen LogP contribution in [0.2, 0.25) is 0 Å². The van der Waals surface area contributed by atoms with Crippen LogP contribution in [0.25, 0.3) is 10.2 Å². The van der Waals surface area contributed by atoms with Gasteiger partial charge >= 0.3 is 6.18 Å². The highest BCUT2D eigenvalue weighted by Crippen LogP contribution is 2.34. The van der Waals surface area contributed by atoms with Gasteiger partial charge in [-0.05, 0) is 25.5 Å². The van der Waals surface area contributed by atoms with Gasteiger partial charge in [0.25, 0.3) is 0 Å². The molecule has 0 aromatic carbocycles. The van der Waals surface area contributed by atoms with E-state index in [1.807, 2.05) is 13.8 Å². The van der Waals surface area contributed by atoms with Crippen LogP contribution in [0.5, 0.6) is 5.88 Å². The maximum absolute atomic E-state index is 12.4. The third-order valence-corrected chi connectivity index (χ3v) is 6.07. The Morgan fingerprint density at radius 2 is 2.07 bits per heavy atom. The van der Waals surface area contributed by atoms with Crippen LogP contribution in [-0.4, -0.2) is 39.4 Å². The molecule has 11 heteroatoms. The van der Waals surface area contributed by atoms with Gasteiger partial charge in [-0.15, -0.1) is 11.3 Å². The average Bonchev–Trinajstić information content (AvgIpc) is 2.97. The highest BCUT2D eigenvalue weighted by Gasteiger charge is 2.29. The van der Waals surface area contributed by atoms with E-state index in [2.05, 4.69) is 20.3 Å². The number of nitrogens with one attached hydrogen (secondary N) is 1. The lowest BCUT2D eigenvalue weighted by Gasteiger charge is -2.12. The number of thioether (sulfide) groups is 1. The number of ether oxygens (including phenoxy) is 1. The van der Waals surface area contributed by atoms with Crippen LogP contribution in [0, 0.1) is 13.8 Å². The summed E-state index contributed by atoms with van der Waals surface area (Å²) >= 11 is 2.86. The molecule has 0 radical (unpaired) electrons. The molecule has 0 aliphatic heterocycles. The second-order valence-electron chi connectivity index (χ2n) is 6.08. The summed E-state index contributed by atoms with van der Waals surface area (Å²) in [7, 11) is 0. The number of alkyl halides is 3. The van der Waals surface area contributed by atoms with E-state index >= 15 is 0 Å². The molecule has 0 atom stereocenters. The molecule has 0 saturated heterocycles. The summed E-state index contributed by atoms with van der Waals surface area (Å²) in [6, 6.07) is 3.12. The van der Waals surface area contributed by atoms with Gasteiger partial charge in [0.2, 0.25) is 11.8 Å². The smallest absolute Gasteiger partial charge is 0.422 e. The van der Waals surface area contributed by atoms with Crippen molar-refractivity contribution in [2.24, 2.45) is 0 Å². The maximum atomic E-state index is 12.4. The van der Waals surface area contributed by atoms with Gasteiger partial charge in [0.15, 0.2) is 6.61 Å². The van der Waals surface area contributed by atoms with Crippen molar-refractivity contribution in [1.82, 2.24) is 20.3 Å². The van der Waals surface area contributed by atoms with Gasteiger partial charge < -0.3 is 10.1 Å². The van der Waals surface area contributed by atoms with Crippen molar-refractivity contribution in [3.63, 3.8) is 0 Å². The molecule has 6 nitrogen and oxygen atoms in total. The number of pyridine rings is 1. The largest absolute Gasteiger partial charge is 0.468 e. The van der Waals surface area contributed by atoms with Gasteiger partial charge in [0.1, 0.15) is 16.2 Å². The number of thiophene rings is 1. The Kier molecular flexibility index (Phi) is 6.58. The number of aryl methyl sites for hydroxylation is 2. The van der Waals surface area contributed by atoms with Crippen molar-refractivity contribution in [3.05, 3.63) is 40.7 Å². The van der Waals surface area contributed by atoms with Crippen LogP contribution in [-0.2, 0) is 11.3 Å². The van der Waals surface area contributed by atoms with Gasteiger partial charge in [0.05, 0.1) is 5.75 Å². The van der Waals surface area contributed by atoms with Gasteiger partial charge in [-0.3, -0.25) is 4.79 Å². The first-order chi connectivity index (χ1) is 13.7. The van der Waals surface area contributed by atoms with E-state index in [-0.39, 0.29) is 24.1 Å². The fraction of sp³-hybridized carbons (Fsp3) is 0.333. The van der Waals surface area contributed by atoms with Crippen molar-refractivity contribution < 1.29 is 22.7 Å². The summed E-state index contributed by atoms with van der Waals surface area (Å²) in [6.07, 6.45) is -1.66. The van der Waals surface area contributed by atoms with Crippen LogP contribution in [0.4, 0.5) is 13.2 Å². The van der Waals surface area contributed by atoms with Crippen LogP contribution >= 0.6 is 23.1 Å². The first kappa shape index (κ1) is 21.3. The molecule has 0 aliphatic carbocycles. The SMILES string of the molecule is Cc1sc2ncnc(SCC(=O)NCc3cccnc3OCC(F)(F)F)c2c1C. The minimum absolute atomic E-state index is 0.0101. The van der Waals surface area contributed by atoms with Gasteiger partial charge in [-0.1, -0.05) is 17.8 Å². The van der Waals surface area contributed by atoms with Crippen LogP contribution < -0.4 is 10.1 Å². The third kappa shape index (κ3) is 5.57. The number of hydrogen-bond acceptors (Lipinski definition) is 7. The quantitative estimate of drug-likeness (QED) is 0.439. The Hall–Kier alpha value is -2.40. The number of aromatic nitrogens is 3. The van der Waals surface area contributed by atoms with Crippen molar-refractivity contribution in [2.45, 2.75) is 31.6 Å². The van der Waals surface area contributed by atoms with Crippen LogP contribution in [0.3, 0.4) is 0 Å². The van der Waals surface area contributed by atoms with Gasteiger partial charge in [0, 0.05) is 28.6 Å². The van der Waals surface area contributed by atoms with E-state index in [1.54, 1.807) is 23.5 Å². The predicted octanol–water partition coefficient (Wildman–Crippen LogP) is 4.05. The molecular weight excluding hydrogens is 425 g/mol. The summed E-state index contributed by atoms with van der Waals surface area (Å²) in [5, 5.41) is 4.34. The Morgan fingerprint density at radius 3 is 2.83 bits per heavy atom. The highest BCUT2D eigenvalue weighted by molar-refractivity contribution is 8.00. The fourth-order valence-corrected chi connectivity index (χ4v) is 4.42. The highest BCUT2D eigenvalue weighted by atomic mass is 32.2. The second kappa shape index (κ2) is 8.95. The Morgan fingerprint density at radius 1 is 1.28 bits per heavy atom. The zero-order valence-corrected chi connectivity index (χ0v) is 17.2. The van der Waals surface area contributed by atoms with E-state index < -0.39 is 12.8 Å². The minimum atomic E-state index is -4.46. The summed E-state index contributed by atoms with van der Waals surface area (Å²) in [4.78, 5) is 26.6. The molecule has 0 unspecified atom stereocenters. The number of carbonyl (C=O) groups excluding carboxylic acids is 1. The normalized spacial score (nSPS) is 11.6. The second-order valence-corrected chi connectivity index (χ2v) is 8.25. The molecule has 3 heterocycles. The Balaban J connectivity index is 1.59. The molecular formula is C18H17F3N4O2S2. The fourth-order valence-electron chi connectivity index (χ4n) is 2.48. The Bertz CT molecular complexity index is 1020. The first-order valence-corrected chi connectivity index (χ1v) is 10.3. The molecule has 154 valence electrons. The van der Waals surface area contributed by atoms with E-state index in [0.717, 1.165) is 25.7 Å². The van der Waals surface area contributed by atoms with Crippen molar-refractivity contribution in [1.29, 1.82) is 0 Å². The predicted molar refractivity (Wildman–Crippen MR) is 105 cm³/mol. The standard InChI is InChI=1S/C18H17F3N4O2S2/c1-10-11(2)29-17-14(10)16(24-9-25-17)28-7-13(26)23-6-12-4-3-5-22-15(12)27-8-18(19,20)21/h3-5,9H,6-8H2,1-2H3,(H,23,26). The molecule has 0 aliphatic rings. The van der Waals surface area contributed by atoms with Gasteiger partial charge in [-0.25, -0.2) is 15.0 Å². The number of rotatable bonds is 7. The van der Waals surface area contributed by atoms with E-state index in [4.69, 9.17) is 4.74 Å². The summed E-state index contributed by atoms with van der Waals surface area (Å²) in [5.41, 5.74) is 1.46. The summed E-state index contributed by atoms with van der Waals surface area (Å²) in [6.45, 7) is 2.57. The molecule has 0 spiro atoms. The zero-order chi connectivity index (χ0) is 21.0. The van der Waals surface area contributed by atoms with Crippen molar-refractivity contribution in [3.8, 4) is 5.88 Å². The van der Waals surface area contributed by atoms with E-state index in [9.17, 15) is 18.0 Å². The monoisotopic (exact) mass is 442 g/mol. The zero-order valence-electron chi connectivity index (χ0n) is 15.5. The lowest BCUT2D eigenvalue weighted by atomic mass is 10.2. The van der Waals surface area contributed by atoms with Crippen molar-refractivity contribution in [2.75, 3.05) is 12.4 Å². The van der Waals surface area contributed by atoms with E-state index in [1.165, 1.54) is 24.3 Å². The topological polar surface area (TPSA) is 77.0 Å². The van der Waals surface area contributed by atoms with E-state index in [0.29, 0.717) is 5.56 Å². The lowest BCUT2D eigenvalue weighted by Crippen LogP contribution is -2.26. The maximum Gasteiger partial charge on any atom is 0.422 e. The molecule has 1 amide bonds. The Labute approximate surface area is 172 Å². The molecule has 0 fully saturated rings. The third-order valence-electron chi connectivity index (χ3n) is 3.97. The lowest BCUT2D eigenvalue weighted by molar-refractivity contribution is -0.154.